The second-order valence-corrected chi connectivity index (χ2v) is 98.2. The minimum atomic E-state index is 0.902. The van der Waals surface area contributed by atoms with Crippen molar-refractivity contribution in [2.75, 3.05) is 0 Å². The first kappa shape index (κ1) is 77.6. The van der Waals surface area contributed by atoms with Crippen molar-refractivity contribution >= 4 is 499 Å². The van der Waals surface area contributed by atoms with Crippen LogP contribution in [0.4, 0.5) is 0 Å². The molecule has 74 heavy (non-hydrogen) atoms. The van der Waals surface area contributed by atoms with Crippen LogP contribution in [0, 0.1) is 13.8 Å². The molecule has 2 aromatic heterocycles. The first-order valence-electron chi connectivity index (χ1n) is 15.8. The number of rotatable bonds is 1. The number of fused-ring (bicyclic) bond motifs is 3. The van der Waals surface area contributed by atoms with Gasteiger partial charge < -0.3 is 0 Å². The van der Waals surface area contributed by atoms with Crippen molar-refractivity contribution < 1.29 is 0 Å². The van der Waals surface area contributed by atoms with Crippen LogP contribution in [-0.4, -0.2) is 9.38 Å². The average Bonchev–Trinajstić information content (AvgIpc) is 3.72. The summed E-state index contributed by atoms with van der Waals surface area (Å²) in [6, 6.07) is 19.1. The fourth-order valence-electron chi connectivity index (χ4n) is 3.58. The van der Waals surface area contributed by atoms with E-state index in [1.54, 1.807) is 107 Å². The molecule has 0 N–H and O–H groups in total. The molecular weight excluding hydrogens is 2000 g/mol. The molecule has 0 atom stereocenters. The molecule has 0 spiro atoms. The molecule has 4 aromatic rings. The number of pyridine rings is 1. The molecule has 0 bridgehead atoms. The van der Waals surface area contributed by atoms with Gasteiger partial charge in [0.2, 0.25) is 0 Å². The van der Waals surface area contributed by atoms with E-state index >= 15 is 0 Å². The number of nitrogens with zero attached hydrogens (tertiary/aromatic N) is 2. The predicted octanol–water partition coefficient (Wildman–Crippen LogP) is 5.41. The Hall–Kier alpha value is 9.31. The molecule has 0 unspecified atom stereocenters. The maximum atomic E-state index is 4.81. The summed E-state index contributed by atoms with van der Waals surface area (Å²) in [5.74, 6) is 0. The Bertz CT molecular complexity index is 4960. The van der Waals surface area contributed by atoms with Crippen molar-refractivity contribution in [1.82, 2.24) is 9.38 Å². The lowest BCUT2D eigenvalue weighted by molar-refractivity contribution is 1.12. The minimum absolute atomic E-state index is 0.902. The summed E-state index contributed by atoms with van der Waals surface area (Å²) >= 11 is 13.2. The van der Waals surface area contributed by atoms with Crippen molar-refractivity contribution in [3.05, 3.63) is 70.5 Å². The normalized spacial score (nSPS) is 8.85. The monoisotopic (exact) mass is 2010 g/mol. The number of hydrogen-bond acceptors (Lipinski definition) is 3. The molecule has 0 saturated heterocycles. The van der Waals surface area contributed by atoms with E-state index in [1.165, 1.54) is 45.4 Å². The second kappa shape index (κ2) is 58.7. The Labute approximate surface area is 588 Å². The summed E-state index contributed by atoms with van der Waals surface area (Å²) in [5.41, 5.74) is 5.77. The van der Waals surface area contributed by atoms with Crippen molar-refractivity contribution in [1.29, 1.82) is 0 Å². The Morgan fingerprint density at radius 3 is 0.878 bits per heavy atom. The number of hydrogen-bond donors (Lipinski definition) is 0. The van der Waals surface area contributed by atoms with E-state index in [-0.39, 0.29) is 0 Å². The molecule has 0 amide bonds. The molecule has 4 rings (SSSR count). The fourth-order valence-corrected chi connectivity index (χ4v) is 136. The van der Waals surface area contributed by atoms with Gasteiger partial charge in [-0.2, -0.15) is 0 Å². The SMILES string of the molecule is Cc1cccc2c1cc(-c1ccccc1)n1c(C)c(Br)nc21.S=S=S=S=S=S=S=S=S=S=S=S=S=S=S=S=S=S=S=S=S=S=S=S=S=S=S=S=S=S=S=S=S=S=S=S=S=S=S=S=S=S=S=S=S=S=S=S=S=S=S=S. The van der Waals surface area contributed by atoms with E-state index in [2.05, 4.69) is 82.7 Å². The van der Waals surface area contributed by atoms with E-state index in [9.17, 15) is 0 Å². The van der Waals surface area contributed by atoms with Gasteiger partial charge in [0.15, 0.2) is 0 Å². The fraction of sp³-hybridized carbons (Fsp3) is 0.105. The zero-order valence-electron chi connectivity index (χ0n) is 33.7. The third kappa shape index (κ3) is 41.6. The van der Waals surface area contributed by atoms with Crippen LogP contribution in [-0.2, 0) is 466 Å². The van der Waals surface area contributed by atoms with Crippen molar-refractivity contribution in [3.8, 4) is 11.3 Å². The molecule has 0 saturated carbocycles. The van der Waals surface area contributed by atoms with Gasteiger partial charge in [0.05, 0.1) is 11.4 Å². The lowest BCUT2D eigenvalue weighted by Crippen LogP contribution is -1.96. The van der Waals surface area contributed by atoms with Crippen LogP contribution in [0.2, 0.25) is 0 Å². The highest BCUT2D eigenvalue weighted by atomic mass is 79.9. The predicted molar refractivity (Wildman–Crippen MR) is 478 cm³/mol. The van der Waals surface area contributed by atoms with Crippen LogP contribution in [0.25, 0.3) is 27.7 Å². The van der Waals surface area contributed by atoms with Gasteiger partial charge in [-0.1, -0.05) is 48.5 Å². The topological polar surface area (TPSA) is 17.3 Å². The van der Waals surface area contributed by atoms with Crippen LogP contribution in [0.3, 0.4) is 0 Å². The summed E-state index contributed by atoms with van der Waals surface area (Å²) < 4.78 is 3.14. The molecule has 2 aromatic carbocycles. The first-order valence-corrected chi connectivity index (χ1v) is 84.6. The van der Waals surface area contributed by atoms with Crippen LogP contribution < -0.4 is 0 Å². The van der Waals surface area contributed by atoms with E-state index in [1.807, 2.05) is 326 Å². The maximum absolute atomic E-state index is 4.81. The van der Waals surface area contributed by atoms with Gasteiger partial charge in [0.1, 0.15) is 10.3 Å². The number of aryl methyl sites for hydroxylation is 2. The van der Waals surface area contributed by atoms with E-state index in [4.69, 9.17) is 27.4 Å². The summed E-state index contributed by atoms with van der Waals surface area (Å²) in [6.07, 6.45) is 0. The number of imidazole rings is 1. The number of halogens is 1. The summed E-state index contributed by atoms with van der Waals surface area (Å²) in [4.78, 5) is 4.75. The molecule has 2 heterocycles. The molecule has 0 aliphatic rings. The van der Waals surface area contributed by atoms with Gasteiger partial charge in [0, 0.05) is 472 Å². The largest absolute Gasteiger partial charge is 0.295 e. The summed E-state index contributed by atoms with van der Waals surface area (Å²) in [7, 11) is 89.4. The zero-order chi connectivity index (χ0) is 52.6. The van der Waals surface area contributed by atoms with Crippen LogP contribution in [0.1, 0.15) is 11.3 Å². The van der Waals surface area contributed by atoms with Gasteiger partial charge >= 0.3 is 0 Å². The molecule has 0 aliphatic carbocycles. The minimum Gasteiger partial charge on any atom is -0.295 e. The zero-order valence-corrected chi connectivity index (χ0v) is 77.7. The first-order chi connectivity index (χ1) is 36.6. The Morgan fingerprint density at radius 1 is 0.338 bits per heavy atom. The third-order valence-electron chi connectivity index (χ3n) is 5.57. The summed E-state index contributed by atoms with van der Waals surface area (Å²) in [6.45, 7) is 4.25. The smallest absolute Gasteiger partial charge is 0.146 e. The average molecular weight is 2020 g/mol. The van der Waals surface area contributed by atoms with Gasteiger partial charge in [0.25, 0.3) is 0 Å². The van der Waals surface area contributed by atoms with Gasteiger partial charge in [-0.25, -0.2) is 4.98 Å². The lowest BCUT2D eigenvalue weighted by atomic mass is 10.0. The number of benzene rings is 2. The van der Waals surface area contributed by atoms with Crippen molar-refractivity contribution in [3.63, 3.8) is 0 Å². The van der Waals surface area contributed by atoms with E-state index in [0.29, 0.717) is 0 Å². The number of aromatic nitrogens is 2. The Balaban J connectivity index is 0.000000532. The molecule has 0 fully saturated rings. The third-order valence-corrected chi connectivity index (χ3v) is 115. The van der Waals surface area contributed by atoms with Crippen LogP contribution in [0.5, 0.6) is 0 Å². The second-order valence-electron chi connectivity index (χ2n) is 8.98. The molecule has 55 heteroatoms. The van der Waals surface area contributed by atoms with Crippen LogP contribution >= 0.6 is 15.9 Å². The van der Waals surface area contributed by atoms with Crippen molar-refractivity contribution in [2.24, 2.45) is 0 Å². The Morgan fingerprint density at radius 2 is 0.608 bits per heavy atom. The highest BCUT2D eigenvalue weighted by Gasteiger charge is 2.15. The molecule has 420 valence electrons. The van der Waals surface area contributed by atoms with Gasteiger partial charge in [-0.05, 0) is 52.4 Å². The van der Waals surface area contributed by atoms with Crippen LogP contribution in [0.15, 0.2) is 59.2 Å². The highest BCUT2D eigenvalue weighted by Crippen LogP contribution is 2.33. The van der Waals surface area contributed by atoms with Gasteiger partial charge in [-0.3, -0.25) is 4.40 Å². The maximum Gasteiger partial charge on any atom is 0.146 e. The Kier molecular flexibility index (Phi) is 61.5. The van der Waals surface area contributed by atoms with Gasteiger partial charge in [-0.15, -0.1) is 0 Å². The van der Waals surface area contributed by atoms with E-state index < -0.39 is 0 Å². The molecule has 0 radical (unpaired) electrons. The summed E-state index contributed by atoms with van der Waals surface area (Å²) in [5, 5.41) is 2.44. The molecule has 0 aliphatic heterocycles. The standard InChI is InChI=1S/C19H15BrN2.S52/c1-12-7-6-10-15-16(12)11-17(14-8-4-3-5-9-14)22-13(2)18(20)21-19(15)22;1-3-5-7-9-11-13-15-17-19-21-23-25-27-29-31-33-35-37-39-41-43-45-47-49-51-52-50-48-46-44-42-40-38-36-34-32-30-28-26-24-22-20-18-16-14-12-10-8-6-4-2/h3-11H,1-2H3;. The lowest BCUT2D eigenvalue weighted by Gasteiger charge is -2.12. The molecular formula is C19H15BrN2S52. The highest BCUT2D eigenvalue weighted by molar-refractivity contribution is 9.10. The van der Waals surface area contributed by atoms with E-state index in [0.717, 1.165) is 15.9 Å². The molecule has 2 nitrogen and oxygen atoms in total. The quantitative estimate of drug-likeness (QED) is 0.254. The van der Waals surface area contributed by atoms with Crippen molar-refractivity contribution in [2.45, 2.75) is 13.8 Å².